The lowest BCUT2D eigenvalue weighted by atomic mass is 9.80. The first-order chi connectivity index (χ1) is 10.1. The van der Waals surface area contributed by atoms with Gasteiger partial charge in [-0.15, -0.1) is 0 Å². The minimum atomic E-state index is -1.65. The second-order valence-corrected chi connectivity index (χ2v) is 5.39. The Morgan fingerprint density at radius 3 is 2.19 bits per heavy atom. The summed E-state index contributed by atoms with van der Waals surface area (Å²) in [6.45, 7) is 2.71. The molecule has 0 aromatic heterocycles. The van der Waals surface area contributed by atoms with Gasteiger partial charge in [-0.2, -0.15) is 0 Å². The molecule has 0 aliphatic rings. The first-order valence-electron chi connectivity index (χ1n) is 7.93. The fourth-order valence-corrected chi connectivity index (χ4v) is 2.21. The molecule has 21 heavy (non-hydrogen) atoms. The van der Waals surface area contributed by atoms with Crippen LogP contribution in [0.15, 0.2) is 18.2 Å². The highest BCUT2D eigenvalue weighted by molar-refractivity contribution is 6.58. The molecule has 0 saturated heterocycles. The average molecular weight is 296 g/mol. The number of unbranched alkanes of at least 4 members (excludes halogenated alkanes) is 7. The number of rotatable bonds is 11. The van der Waals surface area contributed by atoms with Crippen molar-refractivity contribution in [2.24, 2.45) is 0 Å². The molecular weight excluding hydrogens is 270 g/mol. The molecule has 0 unspecified atom stereocenters. The molecule has 1 aromatic rings. The van der Waals surface area contributed by atoms with E-state index in [9.17, 15) is 4.39 Å². The Bertz CT molecular complexity index is 399. The Hall–Kier alpha value is -1.07. The van der Waals surface area contributed by atoms with Crippen molar-refractivity contribution in [3.05, 3.63) is 24.0 Å². The zero-order chi connectivity index (χ0) is 15.5. The van der Waals surface area contributed by atoms with Gasteiger partial charge in [-0.1, -0.05) is 57.9 Å². The lowest BCUT2D eigenvalue weighted by Crippen LogP contribution is -2.30. The summed E-state index contributed by atoms with van der Waals surface area (Å²) >= 11 is 0. The summed E-state index contributed by atoms with van der Waals surface area (Å²) in [5.74, 6) is -0.387. The standard InChI is InChI=1S/C16H26BFO3/c1-2-3-4-5-6-7-8-9-12-21-16-11-10-14(17(19)20)13-15(16)18/h10-11,13,19-20H,2-9,12H2,1H3. The summed E-state index contributed by atoms with van der Waals surface area (Å²) in [7, 11) is -1.65. The van der Waals surface area contributed by atoms with Crippen LogP contribution in [-0.2, 0) is 0 Å². The zero-order valence-electron chi connectivity index (χ0n) is 12.9. The molecule has 118 valence electrons. The molecule has 1 aromatic carbocycles. The van der Waals surface area contributed by atoms with Gasteiger partial charge in [0.1, 0.15) is 0 Å². The molecular formula is C16H26BFO3. The number of halogens is 1. The van der Waals surface area contributed by atoms with Gasteiger partial charge in [0.2, 0.25) is 0 Å². The van der Waals surface area contributed by atoms with Gasteiger partial charge in [-0.05, 0) is 24.0 Å². The molecule has 0 bridgehead atoms. The van der Waals surface area contributed by atoms with Crippen molar-refractivity contribution in [3.8, 4) is 5.75 Å². The Morgan fingerprint density at radius 2 is 1.62 bits per heavy atom. The van der Waals surface area contributed by atoms with E-state index in [0.717, 1.165) is 18.9 Å². The van der Waals surface area contributed by atoms with Crippen LogP contribution in [-0.4, -0.2) is 23.8 Å². The van der Waals surface area contributed by atoms with E-state index < -0.39 is 12.9 Å². The topological polar surface area (TPSA) is 49.7 Å². The minimum Gasteiger partial charge on any atom is -0.491 e. The highest BCUT2D eigenvalue weighted by atomic mass is 19.1. The average Bonchev–Trinajstić information content (AvgIpc) is 2.46. The number of ether oxygens (including phenoxy) is 1. The minimum absolute atomic E-state index is 0.131. The summed E-state index contributed by atoms with van der Waals surface area (Å²) < 4.78 is 19.0. The molecule has 0 aliphatic carbocycles. The maximum Gasteiger partial charge on any atom is 0.488 e. The molecule has 0 amide bonds. The predicted octanol–water partition coefficient (Wildman–Crippen LogP) is 3.03. The van der Waals surface area contributed by atoms with E-state index in [4.69, 9.17) is 14.8 Å². The zero-order valence-corrected chi connectivity index (χ0v) is 12.9. The Morgan fingerprint density at radius 1 is 1.00 bits per heavy atom. The van der Waals surface area contributed by atoms with Crippen molar-refractivity contribution in [2.45, 2.75) is 58.3 Å². The van der Waals surface area contributed by atoms with Crippen LogP contribution in [0, 0.1) is 5.82 Å². The molecule has 0 saturated carbocycles. The monoisotopic (exact) mass is 296 g/mol. The van der Waals surface area contributed by atoms with E-state index in [0.29, 0.717) is 6.61 Å². The maximum atomic E-state index is 13.6. The number of hydrogen-bond acceptors (Lipinski definition) is 3. The van der Waals surface area contributed by atoms with Gasteiger partial charge in [0, 0.05) is 0 Å². The normalized spacial score (nSPS) is 10.7. The highest BCUT2D eigenvalue weighted by Gasteiger charge is 2.13. The van der Waals surface area contributed by atoms with Crippen LogP contribution in [0.3, 0.4) is 0 Å². The second-order valence-electron chi connectivity index (χ2n) is 5.39. The number of benzene rings is 1. The van der Waals surface area contributed by atoms with Crippen LogP contribution < -0.4 is 10.2 Å². The van der Waals surface area contributed by atoms with E-state index in [1.165, 1.54) is 50.7 Å². The quantitative estimate of drug-likeness (QED) is 0.487. The molecule has 5 heteroatoms. The van der Waals surface area contributed by atoms with E-state index >= 15 is 0 Å². The van der Waals surface area contributed by atoms with Crippen LogP contribution in [0.2, 0.25) is 0 Å². The molecule has 0 fully saturated rings. The van der Waals surface area contributed by atoms with Gasteiger partial charge in [0.05, 0.1) is 6.61 Å². The van der Waals surface area contributed by atoms with Gasteiger partial charge < -0.3 is 14.8 Å². The molecule has 0 spiro atoms. The van der Waals surface area contributed by atoms with E-state index in [1.54, 1.807) is 0 Å². The van der Waals surface area contributed by atoms with Gasteiger partial charge in [-0.25, -0.2) is 4.39 Å². The summed E-state index contributed by atoms with van der Waals surface area (Å²) in [4.78, 5) is 0. The third-order valence-electron chi connectivity index (χ3n) is 3.51. The summed E-state index contributed by atoms with van der Waals surface area (Å²) in [5, 5.41) is 17.9. The van der Waals surface area contributed by atoms with Gasteiger partial charge in [0.25, 0.3) is 0 Å². The van der Waals surface area contributed by atoms with E-state index in [-0.39, 0.29) is 11.2 Å². The highest BCUT2D eigenvalue weighted by Crippen LogP contribution is 2.15. The van der Waals surface area contributed by atoms with Crippen LogP contribution >= 0.6 is 0 Å². The van der Waals surface area contributed by atoms with Crippen molar-refractivity contribution in [1.82, 2.24) is 0 Å². The van der Waals surface area contributed by atoms with Crippen molar-refractivity contribution in [1.29, 1.82) is 0 Å². The Kier molecular flexibility index (Phi) is 9.11. The fourth-order valence-electron chi connectivity index (χ4n) is 2.21. The van der Waals surface area contributed by atoms with Gasteiger partial charge in [0.15, 0.2) is 11.6 Å². The maximum absolute atomic E-state index is 13.6. The molecule has 0 atom stereocenters. The van der Waals surface area contributed by atoms with Crippen molar-refractivity contribution >= 4 is 12.6 Å². The predicted molar refractivity (Wildman–Crippen MR) is 84.3 cm³/mol. The summed E-state index contributed by atoms with van der Waals surface area (Å²) in [6, 6.07) is 3.99. The van der Waals surface area contributed by atoms with Gasteiger partial charge >= 0.3 is 7.12 Å². The first kappa shape index (κ1) is 18.0. The molecule has 0 radical (unpaired) electrons. The molecule has 0 aliphatic heterocycles. The van der Waals surface area contributed by atoms with Crippen LogP contribution in [0.25, 0.3) is 0 Å². The largest absolute Gasteiger partial charge is 0.491 e. The SMILES string of the molecule is CCCCCCCCCCOc1ccc(B(O)O)cc1F. The lowest BCUT2D eigenvalue weighted by Gasteiger charge is -2.08. The summed E-state index contributed by atoms with van der Waals surface area (Å²) in [6.07, 6.45) is 9.68. The van der Waals surface area contributed by atoms with Gasteiger partial charge in [-0.3, -0.25) is 0 Å². The lowest BCUT2D eigenvalue weighted by molar-refractivity contribution is 0.290. The molecule has 3 nitrogen and oxygen atoms in total. The molecule has 2 N–H and O–H groups in total. The third-order valence-corrected chi connectivity index (χ3v) is 3.51. The molecule has 1 rings (SSSR count). The van der Waals surface area contributed by atoms with E-state index in [1.807, 2.05) is 0 Å². The van der Waals surface area contributed by atoms with Crippen molar-refractivity contribution in [2.75, 3.05) is 6.61 Å². The Labute approximate surface area is 127 Å². The molecule has 0 heterocycles. The fraction of sp³-hybridized carbons (Fsp3) is 0.625. The summed E-state index contributed by atoms with van der Waals surface area (Å²) in [5.41, 5.74) is 0.131. The van der Waals surface area contributed by atoms with E-state index in [2.05, 4.69) is 6.92 Å². The van der Waals surface area contributed by atoms with Crippen LogP contribution in [0.1, 0.15) is 58.3 Å². The van der Waals surface area contributed by atoms with Crippen LogP contribution in [0.4, 0.5) is 4.39 Å². The second kappa shape index (κ2) is 10.6. The third kappa shape index (κ3) is 7.49. The van der Waals surface area contributed by atoms with Crippen molar-refractivity contribution < 1.29 is 19.2 Å². The van der Waals surface area contributed by atoms with Crippen LogP contribution in [0.5, 0.6) is 5.75 Å². The smallest absolute Gasteiger partial charge is 0.488 e. The number of hydrogen-bond donors (Lipinski definition) is 2. The first-order valence-corrected chi connectivity index (χ1v) is 7.93. The van der Waals surface area contributed by atoms with Crippen molar-refractivity contribution in [3.63, 3.8) is 0 Å². The Balaban J connectivity index is 2.13.